The number of benzene rings is 1. The van der Waals surface area contributed by atoms with Crippen molar-refractivity contribution in [2.75, 3.05) is 33.2 Å². The van der Waals surface area contributed by atoms with Crippen molar-refractivity contribution in [1.82, 2.24) is 25.0 Å². The zero-order chi connectivity index (χ0) is 16.6. The van der Waals surface area contributed by atoms with Crippen molar-refractivity contribution in [2.24, 2.45) is 5.92 Å². The predicted molar refractivity (Wildman–Crippen MR) is 96.6 cm³/mol. The van der Waals surface area contributed by atoms with Crippen LogP contribution in [0.25, 0.3) is 0 Å². The summed E-state index contributed by atoms with van der Waals surface area (Å²) in [7, 11) is 2.15. The molecule has 1 fully saturated rings. The van der Waals surface area contributed by atoms with E-state index in [4.69, 9.17) is 0 Å². The van der Waals surface area contributed by atoms with Crippen LogP contribution in [-0.4, -0.2) is 58.2 Å². The maximum atomic E-state index is 4.18. The first-order valence-electron chi connectivity index (χ1n) is 9.08. The molecular formula is C19H29N5. The van der Waals surface area contributed by atoms with Gasteiger partial charge in [-0.15, -0.1) is 0 Å². The molecule has 130 valence electrons. The molecule has 2 heterocycles. The van der Waals surface area contributed by atoms with Gasteiger partial charge in [-0.05, 0) is 70.4 Å². The number of aromatic amines is 1. The van der Waals surface area contributed by atoms with E-state index in [1.807, 2.05) is 0 Å². The number of aromatic nitrogens is 3. The molecule has 1 aromatic carbocycles. The fourth-order valence-electron chi connectivity index (χ4n) is 3.57. The first-order chi connectivity index (χ1) is 11.8. The number of hydrogen-bond acceptors (Lipinski definition) is 4. The molecule has 0 aliphatic carbocycles. The van der Waals surface area contributed by atoms with Gasteiger partial charge in [-0.1, -0.05) is 30.3 Å². The molecule has 0 radical (unpaired) electrons. The minimum Gasteiger partial charge on any atom is -0.303 e. The molecule has 0 spiro atoms. The van der Waals surface area contributed by atoms with Crippen LogP contribution in [0.15, 0.2) is 36.7 Å². The molecule has 1 aliphatic heterocycles. The smallest absolute Gasteiger partial charge is 0.138 e. The van der Waals surface area contributed by atoms with Crippen LogP contribution in [0.1, 0.15) is 30.7 Å². The summed E-state index contributed by atoms with van der Waals surface area (Å²) in [6, 6.07) is 10.9. The average Bonchev–Trinajstić information content (AvgIpc) is 3.10. The predicted octanol–water partition coefficient (Wildman–Crippen LogP) is 2.58. The van der Waals surface area contributed by atoms with Gasteiger partial charge in [0.05, 0.1) is 6.54 Å². The molecule has 1 aromatic heterocycles. The lowest BCUT2D eigenvalue weighted by Gasteiger charge is -2.32. The second-order valence-corrected chi connectivity index (χ2v) is 7.00. The SMILES string of the molecule is CN(CCCN1CCC(Cc2ccccc2)CC1)Cc1ncn[nH]1. The Balaban J connectivity index is 1.29. The van der Waals surface area contributed by atoms with E-state index < -0.39 is 0 Å². The lowest BCUT2D eigenvalue weighted by atomic mass is 9.90. The first-order valence-corrected chi connectivity index (χ1v) is 9.08. The number of H-pyrrole nitrogens is 1. The van der Waals surface area contributed by atoms with Gasteiger partial charge < -0.3 is 4.90 Å². The Bertz CT molecular complexity index is 561. The lowest BCUT2D eigenvalue weighted by Crippen LogP contribution is -2.36. The van der Waals surface area contributed by atoms with Crippen molar-refractivity contribution in [3.05, 3.63) is 48.0 Å². The molecule has 0 unspecified atom stereocenters. The molecule has 0 saturated carbocycles. The van der Waals surface area contributed by atoms with Crippen LogP contribution >= 0.6 is 0 Å². The maximum Gasteiger partial charge on any atom is 0.138 e. The number of nitrogens with zero attached hydrogens (tertiary/aromatic N) is 4. The second kappa shape index (κ2) is 8.94. The summed E-state index contributed by atoms with van der Waals surface area (Å²) in [4.78, 5) is 9.12. The Morgan fingerprint density at radius 1 is 1.21 bits per heavy atom. The van der Waals surface area contributed by atoms with E-state index in [9.17, 15) is 0 Å². The summed E-state index contributed by atoms with van der Waals surface area (Å²) in [5.74, 6) is 1.80. The van der Waals surface area contributed by atoms with Crippen molar-refractivity contribution in [1.29, 1.82) is 0 Å². The van der Waals surface area contributed by atoms with Crippen molar-refractivity contribution in [3.8, 4) is 0 Å². The van der Waals surface area contributed by atoms with Crippen molar-refractivity contribution < 1.29 is 0 Å². The number of likely N-dealkylation sites (tertiary alicyclic amines) is 1. The van der Waals surface area contributed by atoms with Crippen molar-refractivity contribution >= 4 is 0 Å². The Hall–Kier alpha value is -1.72. The highest BCUT2D eigenvalue weighted by molar-refractivity contribution is 5.15. The molecule has 24 heavy (non-hydrogen) atoms. The van der Waals surface area contributed by atoms with Crippen LogP contribution in [0, 0.1) is 5.92 Å². The molecule has 3 rings (SSSR count). The largest absolute Gasteiger partial charge is 0.303 e. The van der Waals surface area contributed by atoms with Crippen molar-refractivity contribution in [3.63, 3.8) is 0 Å². The average molecular weight is 327 g/mol. The van der Waals surface area contributed by atoms with E-state index >= 15 is 0 Å². The maximum absolute atomic E-state index is 4.18. The third kappa shape index (κ3) is 5.42. The second-order valence-electron chi connectivity index (χ2n) is 7.00. The van der Waals surface area contributed by atoms with E-state index in [1.54, 1.807) is 6.33 Å². The molecule has 5 heteroatoms. The molecule has 1 aliphatic rings. The summed E-state index contributed by atoms with van der Waals surface area (Å²) >= 11 is 0. The van der Waals surface area contributed by atoms with Gasteiger partial charge in [0.25, 0.3) is 0 Å². The standard InChI is InChI=1S/C19H29N5/c1-23(15-19-20-16-21-22-19)10-5-11-24-12-8-18(9-13-24)14-17-6-3-2-4-7-17/h2-4,6-7,16,18H,5,8-15H2,1H3,(H,20,21,22). The van der Waals surface area contributed by atoms with Crippen molar-refractivity contribution in [2.45, 2.75) is 32.2 Å². The highest BCUT2D eigenvalue weighted by Crippen LogP contribution is 2.21. The molecular weight excluding hydrogens is 298 g/mol. The Labute approximate surface area is 145 Å². The van der Waals surface area contributed by atoms with E-state index in [-0.39, 0.29) is 0 Å². The van der Waals surface area contributed by atoms with Gasteiger partial charge in [0.1, 0.15) is 12.2 Å². The summed E-state index contributed by atoms with van der Waals surface area (Å²) in [5, 5.41) is 6.81. The molecule has 0 amide bonds. The van der Waals surface area contributed by atoms with E-state index in [1.165, 1.54) is 50.9 Å². The van der Waals surface area contributed by atoms with Gasteiger partial charge in [0, 0.05) is 0 Å². The number of rotatable bonds is 8. The third-order valence-corrected chi connectivity index (χ3v) is 4.97. The minimum absolute atomic E-state index is 0.846. The fraction of sp³-hybridized carbons (Fsp3) is 0.579. The molecule has 0 atom stereocenters. The minimum atomic E-state index is 0.846. The monoisotopic (exact) mass is 327 g/mol. The summed E-state index contributed by atoms with van der Waals surface area (Å²) < 4.78 is 0. The molecule has 1 saturated heterocycles. The highest BCUT2D eigenvalue weighted by atomic mass is 15.2. The zero-order valence-corrected chi connectivity index (χ0v) is 14.7. The normalized spacial score (nSPS) is 16.8. The summed E-state index contributed by atoms with van der Waals surface area (Å²) in [6.45, 7) is 5.66. The van der Waals surface area contributed by atoms with Gasteiger partial charge >= 0.3 is 0 Å². The third-order valence-electron chi connectivity index (χ3n) is 4.97. The van der Waals surface area contributed by atoms with Crippen LogP contribution in [0.3, 0.4) is 0 Å². The highest BCUT2D eigenvalue weighted by Gasteiger charge is 2.19. The van der Waals surface area contributed by atoms with Gasteiger partial charge in [-0.25, -0.2) is 4.98 Å². The fourth-order valence-corrected chi connectivity index (χ4v) is 3.57. The Morgan fingerprint density at radius 3 is 2.71 bits per heavy atom. The van der Waals surface area contributed by atoms with Crippen LogP contribution in [-0.2, 0) is 13.0 Å². The summed E-state index contributed by atoms with van der Waals surface area (Å²) in [6.07, 6.45) is 6.71. The van der Waals surface area contributed by atoms with Crippen LogP contribution in [0.2, 0.25) is 0 Å². The van der Waals surface area contributed by atoms with Crippen LogP contribution in [0.5, 0.6) is 0 Å². The lowest BCUT2D eigenvalue weighted by molar-refractivity contribution is 0.173. The molecule has 2 aromatic rings. The first kappa shape index (κ1) is 17.1. The van der Waals surface area contributed by atoms with E-state index in [2.05, 4.69) is 62.4 Å². The number of hydrogen-bond donors (Lipinski definition) is 1. The van der Waals surface area contributed by atoms with E-state index in [0.717, 1.165) is 24.8 Å². The van der Waals surface area contributed by atoms with Crippen LogP contribution in [0.4, 0.5) is 0 Å². The Morgan fingerprint density at radius 2 is 2.00 bits per heavy atom. The van der Waals surface area contributed by atoms with Gasteiger partial charge in [0.2, 0.25) is 0 Å². The Kier molecular flexibility index (Phi) is 6.38. The quantitative estimate of drug-likeness (QED) is 0.809. The molecule has 5 nitrogen and oxygen atoms in total. The molecule has 0 bridgehead atoms. The zero-order valence-electron chi connectivity index (χ0n) is 14.7. The van der Waals surface area contributed by atoms with E-state index in [0.29, 0.717) is 0 Å². The number of piperidine rings is 1. The van der Waals surface area contributed by atoms with Crippen LogP contribution < -0.4 is 0 Å². The summed E-state index contributed by atoms with van der Waals surface area (Å²) in [5.41, 5.74) is 1.49. The topological polar surface area (TPSA) is 48.1 Å². The van der Waals surface area contributed by atoms with Gasteiger partial charge in [-0.3, -0.25) is 10.00 Å². The van der Waals surface area contributed by atoms with Gasteiger partial charge in [-0.2, -0.15) is 5.10 Å². The number of nitrogens with one attached hydrogen (secondary N) is 1. The van der Waals surface area contributed by atoms with Gasteiger partial charge in [0.15, 0.2) is 0 Å². The molecule has 1 N–H and O–H groups in total.